The highest BCUT2D eigenvalue weighted by atomic mass is 35.5. The number of nitrogens with zero attached hydrogens (tertiary/aromatic N) is 3. The molecule has 1 aliphatic heterocycles. The highest BCUT2D eigenvalue weighted by Crippen LogP contribution is 2.28. The zero-order valence-corrected chi connectivity index (χ0v) is 20.0. The largest absolute Gasteiger partial charge is 0.373 e. The van der Waals surface area contributed by atoms with Crippen molar-refractivity contribution in [1.82, 2.24) is 9.29 Å². The number of aromatic nitrogens is 1. The van der Waals surface area contributed by atoms with E-state index in [1.165, 1.54) is 15.6 Å². The van der Waals surface area contributed by atoms with E-state index < -0.39 is 10.0 Å². The molecule has 168 valence electrons. The second kappa shape index (κ2) is 9.68. The SMILES string of the molecule is CC1CN(S(=O)(=O)c2cccc(-c3csc(N/N=C/c4ccc(Cl)cc4)n3)c2)CC(C)O1. The van der Waals surface area contributed by atoms with Crippen molar-refractivity contribution >= 4 is 44.3 Å². The van der Waals surface area contributed by atoms with Crippen LogP contribution in [0.25, 0.3) is 11.3 Å². The van der Waals surface area contributed by atoms with Gasteiger partial charge in [-0.2, -0.15) is 9.41 Å². The van der Waals surface area contributed by atoms with E-state index in [9.17, 15) is 8.42 Å². The number of rotatable bonds is 6. The van der Waals surface area contributed by atoms with Gasteiger partial charge in [0.15, 0.2) is 0 Å². The van der Waals surface area contributed by atoms with Gasteiger partial charge in [-0.25, -0.2) is 13.4 Å². The number of benzene rings is 2. The topological polar surface area (TPSA) is 83.9 Å². The van der Waals surface area contributed by atoms with E-state index in [-0.39, 0.29) is 17.1 Å². The summed E-state index contributed by atoms with van der Waals surface area (Å²) in [5.41, 5.74) is 5.22. The lowest BCUT2D eigenvalue weighted by molar-refractivity contribution is -0.0440. The maximum atomic E-state index is 13.2. The summed E-state index contributed by atoms with van der Waals surface area (Å²) >= 11 is 7.27. The summed E-state index contributed by atoms with van der Waals surface area (Å²) in [7, 11) is -3.62. The Balaban J connectivity index is 1.49. The van der Waals surface area contributed by atoms with Gasteiger partial charge in [0.2, 0.25) is 15.2 Å². The number of ether oxygens (including phenoxy) is 1. The smallest absolute Gasteiger partial charge is 0.243 e. The van der Waals surface area contributed by atoms with Crippen molar-refractivity contribution in [2.75, 3.05) is 18.5 Å². The van der Waals surface area contributed by atoms with Crippen LogP contribution in [0.1, 0.15) is 19.4 Å². The summed E-state index contributed by atoms with van der Waals surface area (Å²) in [4.78, 5) is 4.78. The van der Waals surface area contributed by atoms with Gasteiger partial charge in [-0.15, -0.1) is 11.3 Å². The predicted molar refractivity (Wildman–Crippen MR) is 129 cm³/mol. The molecule has 1 aliphatic rings. The van der Waals surface area contributed by atoms with Gasteiger partial charge in [0, 0.05) is 29.1 Å². The number of hydrogen-bond donors (Lipinski definition) is 1. The summed E-state index contributed by atoms with van der Waals surface area (Å²) in [5, 5.41) is 7.34. The molecule has 1 saturated heterocycles. The first-order valence-corrected chi connectivity index (χ1v) is 12.8. The van der Waals surface area contributed by atoms with Gasteiger partial charge in [-0.1, -0.05) is 35.9 Å². The number of morpholine rings is 1. The molecular weight excluding hydrogens is 468 g/mol. The van der Waals surface area contributed by atoms with Gasteiger partial charge in [-0.05, 0) is 43.7 Å². The van der Waals surface area contributed by atoms with Crippen LogP contribution in [0.3, 0.4) is 0 Å². The average molecular weight is 491 g/mol. The Morgan fingerprint density at radius 2 is 1.91 bits per heavy atom. The molecule has 10 heteroatoms. The summed E-state index contributed by atoms with van der Waals surface area (Å²) < 4.78 is 33.5. The van der Waals surface area contributed by atoms with Crippen molar-refractivity contribution in [2.45, 2.75) is 31.0 Å². The fourth-order valence-electron chi connectivity index (χ4n) is 3.46. The number of sulfonamides is 1. The Morgan fingerprint density at radius 3 is 2.62 bits per heavy atom. The van der Waals surface area contributed by atoms with E-state index in [4.69, 9.17) is 16.3 Å². The van der Waals surface area contributed by atoms with E-state index in [2.05, 4.69) is 15.5 Å². The number of thiazole rings is 1. The molecule has 2 heterocycles. The highest BCUT2D eigenvalue weighted by Gasteiger charge is 2.32. The molecule has 0 saturated carbocycles. The number of halogens is 1. The molecule has 7 nitrogen and oxygen atoms in total. The van der Waals surface area contributed by atoms with Crippen LogP contribution in [0.15, 0.2) is 63.9 Å². The monoisotopic (exact) mass is 490 g/mol. The first kappa shape index (κ1) is 22.9. The van der Waals surface area contributed by atoms with Crippen LogP contribution >= 0.6 is 22.9 Å². The van der Waals surface area contributed by atoms with E-state index in [1.807, 2.05) is 37.4 Å². The molecule has 0 amide bonds. The van der Waals surface area contributed by atoms with Crippen molar-refractivity contribution in [2.24, 2.45) is 5.10 Å². The third-order valence-corrected chi connectivity index (χ3v) is 7.73. The van der Waals surface area contributed by atoms with Gasteiger partial charge < -0.3 is 4.74 Å². The normalized spacial score (nSPS) is 20.0. The minimum absolute atomic E-state index is 0.141. The molecule has 3 aromatic rings. The van der Waals surface area contributed by atoms with Crippen LogP contribution in [0.4, 0.5) is 5.13 Å². The molecule has 0 spiro atoms. The Labute approximate surface area is 196 Å². The second-order valence-electron chi connectivity index (χ2n) is 7.57. The number of nitrogens with one attached hydrogen (secondary N) is 1. The van der Waals surface area contributed by atoms with Gasteiger partial charge in [0.1, 0.15) is 0 Å². The van der Waals surface area contributed by atoms with Crippen LogP contribution < -0.4 is 5.43 Å². The van der Waals surface area contributed by atoms with Crippen molar-refractivity contribution in [1.29, 1.82) is 0 Å². The number of hydrogen-bond acceptors (Lipinski definition) is 7. The van der Waals surface area contributed by atoms with Gasteiger partial charge in [0.25, 0.3) is 0 Å². The van der Waals surface area contributed by atoms with Crippen molar-refractivity contribution in [3.63, 3.8) is 0 Å². The Morgan fingerprint density at radius 1 is 1.19 bits per heavy atom. The lowest BCUT2D eigenvalue weighted by Gasteiger charge is -2.34. The van der Waals surface area contributed by atoms with Gasteiger partial charge in [-0.3, -0.25) is 5.43 Å². The number of hydrazone groups is 1. The first-order valence-electron chi connectivity index (χ1n) is 10.1. The molecule has 0 bridgehead atoms. The van der Waals surface area contributed by atoms with E-state index in [0.29, 0.717) is 28.9 Å². The lowest BCUT2D eigenvalue weighted by atomic mass is 10.2. The van der Waals surface area contributed by atoms with Crippen LogP contribution in [-0.4, -0.2) is 49.2 Å². The van der Waals surface area contributed by atoms with Crippen molar-refractivity contribution in [3.8, 4) is 11.3 Å². The average Bonchev–Trinajstić information content (AvgIpc) is 3.23. The molecule has 2 atom stereocenters. The minimum Gasteiger partial charge on any atom is -0.373 e. The maximum absolute atomic E-state index is 13.2. The molecule has 1 N–H and O–H groups in total. The molecular formula is C22H23ClN4O3S2. The fraction of sp³-hybridized carbons (Fsp3) is 0.273. The van der Waals surface area contributed by atoms with Crippen LogP contribution in [0, 0.1) is 0 Å². The predicted octanol–water partition coefficient (Wildman–Crippen LogP) is 4.71. The van der Waals surface area contributed by atoms with Crippen LogP contribution in [0.5, 0.6) is 0 Å². The molecule has 0 aliphatic carbocycles. The Bertz CT molecular complexity index is 1200. The second-order valence-corrected chi connectivity index (χ2v) is 10.8. The maximum Gasteiger partial charge on any atom is 0.243 e. The zero-order valence-electron chi connectivity index (χ0n) is 17.6. The molecule has 1 aromatic heterocycles. The third kappa shape index (κ3) is 5.36. The molecule has 2 unspecified atom stereocenters. The summed E-state index contributed by atoms with van der Waals surface area (Å²) in [5.74, 6) is 0. The third-order valence-electron chi connectivity index (χ3n) is 4.90. The summed E-state index contributed by atoms with van der Waals surface area (Å²) in [6.07, 6.45) is 1.39. The van der Waals surface area contributed by atoms with E-state index >= 15 is 0 Å². The zero-order chi connectivity index (χ0) is 22.7. The molecule has 2 aromatic carbocycles. The molecule has 4 rings (SSSR count). The van der Waals surface area contributed by atoms with Crippen molar-refractivity contribution in [3.05, 3.63) is 64.5 Å². The van der Waals surface area contributed by atoms with Crippen molar-refractivity contribution < 1.29 is 13.2 Å². The highest BCUT2D eigenvalue weighted by molar-refractivity contribution is 7.89. The lowest BCUT2D eigenvalue weighted by Crippen LogP contribution is -2.48. The standard InChI is InChI=1S/C22H23ClN4O3S2/c1-15-12-27(13-16(2)30-15)32(28,29)20-5-3-4-18(10-20)21-14-31-22(25-21)26-24-11-17-6-8-19(23)9-7-17/h3-11,14-16H,12-13H2,1-2H3,(H,25,26)/b24-11+. The quantitative estimate of drug-likeness (QED) is 0.399. The van der Waals surface area contributed by atoms with Crippen LogP contribution in [-0.2, 0) is 14.8 Å². The molecule has 1 fully saturated rings. The Kier molecular flexibility index (Phi) is 6.92. The van der Waals surface area contributed by atoms with E-state index in [0.717, 1.165) is 11.1 Å². The molecule has 0 radical (unpaired) electrons. The van der Waals surface area contributed by atoms with E-state index in [1.54, 1.807) is 36.5 Å². The Hall–Kier alpha value is -2.30. The summed E-state index contributed by atoms with van der Waals surface area (Å²) in [6.45, 7) is 4.45. The number of anilines is 1. The van der Waals surface area contributed by atoms with Gasteiger partial charge in [0.05, 0.1) is 29.0 Å². The fourth-order valence-corrected chi connectivity index (χ4v) is 5.89. The minimum atomic E-state index is -3.62. The van der Waals surface area contributed by atoms with Crippen LogP contribution in [0.2, 0.25) is 5.02 Å². The van der Waals surface area contributed by atoms with Gasteiger partial charge >= 0.3 is 0 Å². The first-order chi connectivity index (χ1) is 15.3. The summed E-state index contributed by atoms with van der Waals surface area (Å²) in [6, 6.07) is 14.2. The molecule has 32 heavy (non-hydrogen) atoms.